The third-order valence-electron chi connectivity index (χ3n) is 2.83. The van der Waals surface area contributed by atoms with Crippen LogP contribution in [0.2, 0.25) is 0 Å². The molecule has 0 fully saturated rings. The zero-order valence-corrected chi connectivity index (χ0v) is 8.75. The second-order valence-electron chi connectivity index (χ2n) is 3.66. The molecule has 3 heteroatoms. The standard InChI is InChI=1S/C12H13NO2/c1-15-12-10(7-13-8-14)6-5-9-3-2-4-11(9)12/h5-6H,2-4,7H2,1H3. The lowest BCUT2D eigenvalue weighted by atomic mass is 10.0. The molecule has 0 aliphatic heterocycles. The van der Waals surface area contributed by atoms with Crippen molar-refractivity contribution >= 4 is 6.08 Å². The van der Waals surface area contributed by atoms with Crippen LogP contribution in [0.4, 0.5) is 0 Å². The van der Waals surface area contributed by atoms with Crippen molar-refractivity contribution in [3.05, 3.63) is 28.8 Å². The molecule has 1 aromatic carbocycles. The van der Waals surface area contributed by atoms with Crippen LogP contribution in [0.5, 0.6) is 5.75 Å². The molecule has 3 nitrogen and oxygen atoms in total. The lowest BCUT2D eigenvalue weighted by Crippen LogP contribution is -1.96. The Kier molecular flexibility index (Phi) is 2.84. The predicted octanol–water partition coefficient (Wildman–Crippen LogP) is 2.02. The lowest BCUT2D eigenvalue weighted by molar-refractivity contribution is 0.405. The maximum absolute atomic E-state index is 10.1. The van der Waals surface area contributed by atoms with Gasteiger partial charge < -0.3 is 4.74 Å². The molecule has 1 aromatic rings. The molecule has 0 heterocycles. The van der Waals surface area contributed by atoms with Crippen LogP contribution >= 0.6 is 0 Å². The van der Waals surface area contributed by atoms with Gasteiger partial charge in [-0.25, -0.2) is 9.79 Å². The zero-order valence-electron chi connectivity index (χ0n) is 8.75. The first-order valence-corrected chi connectivity index (χ1v) is 5.08. The molecule has 0 radical (unpaired) electrons. The largest absolute Gasteiger partial charge is 0.496 e. The molecule has 0 bridgehead atoms. The summed E-state index contributed by atoms with van der Waals surface area (Å²) < 4.78 is 5.40. The number of carbonyl (C=O) groups excluding carboxylic acids is 1. The Morgan fingerprint density at radius 3 is 3.07 bits per heavy atom. The van der Waals surface area contributed by atoms with E-state index in [-0.39, 0.29) is 0 Å². The fourth-order valence-corrected chi connectivity index (χ4v) is 2.18. The number of ether oxygens (including phenoxy) is 1. The average Bonchev–Trinajstić information content (AvgIpc) is 2.73. The molecular formula is C12H13NO2. The van der Waals surface area contributed by atoms with Crippen molar-refractivity contribution in [2.45, 2.75) is 25.8 Å². The van der Waals surface area contributed by atoms with Crippen LogP contribution in [0.25, 0.3) is 0 Å². The molecular weight excluding hydrogens is 190 g/mol. The fourth-order valence-electron chi connectivity index (χ4n) is 2.18. The maximum Gasteiger partial charge on any atom is 0.235 e. The summed E-state index contributed by atoms with van der Waals surface area (Å²) in [6.45, 7) is 0.361. The Bertz CT molecular complexity index is 420. The number of nitrogens with zero attached hydrogens (tertiary/aromatic N) is 1. The molecule has 1 aliphatic rings. The monoisotopic (exact) mass is 203 g/mol. The molecule has 0 saturated heterocycles. The van der Waals surface area contributed by atoms with E-state index in [2.05, 4.69) is 11.1 Å². The molecule has 2 rings (SSSR count). The van der Waals surface area contributed by atoms with Gasteiger partial charge in [0.25, 0.3) is 0 Å². The van der Waals surface area contributed by atoms with Crippen LogP contribution < -0.4 is 4.74 Å². The second-order valence-corrected chi connectivity index (χ2v) is 3.66. The summed E-state index contributed by atoms with van der Waals surface area (Å²) in [7, 11) is 1.67. The van der Waals surface area contributed by atoms with Crippen molar-refractivity contribution in [3.63, 3.8) is 0 Å². The topological polar surface area (TPSA) is 38.7 Å². The smallest absolute Gasteiger partial charge is 0.235 e. The van der Waals surface area contributed by atoms with Gasteiger partial charge in [0.1, 0.15) is 5.75 Å². The van der Waals surface area contributed by atoms with Gasteiger partial charge in [0.05, 0.1) is 13.7 Å². The average molecular weight is 203 g/mol. The summed E-state index contributed by atoms with van der Waals surface area (Å²) in [5.74, 6) is 0.906. The first-order chi connectivity index (χ1) is 7.36. The number of aliphatic imine (C=N–C) groups is 1. The summed E-state index contributed by atoms with van der Waals surface area (Å²) in [6, 6.07) is 4.10. The van der Waals surface area contributed by atoms with E-state index in [0.717, 1.165) is 24.2 Å². The quantitative estimate of drug-likeness (QED) is 0.557. The van der Waals surface area contributed by atoms with Crippen molar-refractivity contribution in [2.75, 3.05) is 7.11 Å². The summed E-state index contributed by atoms with van der Waals surface area (Å²) in [5, 5.41) is 0. The highest BCUT2D eigenvalue weighted by molar-refractivity contribution is 5.49. The number of hydrogen-bond acceptors (Lipinski definition) is 3. The highest BCUT2D eigenvalue weighted by Crippen LogP contribution is 2.33. The second kappa shape index (κ2) is 4.28. The van der Waals surface area contributed by atoms with Crippen LogP contribution in [0.1, 0.15) is 23.1 Å². The minimum Gasteiger partial charge on any atom is -0.496 e. The number of hydrogen-bond donors (Lipinski definition) is 0. The summed E-state index contributed by atoms with van der Waals surface area (Å²) in [5.41, 5.74) is 3.63. The third-order valence-corrected chi connectivity index (χ3v) is 2.83. The minimum absolute atomic E-state index is 0.361. The highest BCUT2D eigenvalue weighted by Gasteiger charge is 2.17. The number of aryl methyl sites for hydroxylation is 1. The van der Waals surface area contributed by atoms with Crippen molar-refractivity contribution in [3.8, 4) is 5.75 Å². The van der Waals surface area contributed by atoms with Gasteiger partial charge in [-0.15, -0.1) is 0 Å². The van der Waals surface area contributed by atoms with Gasteiger partial charge in [0.2, 0.25) is 6.08 Å². The molecule has 0 unspecified atom stereocenters. The van der Waals surface area contributed by atoms with E-state index in [1.54, 1.807) is 13.2 Å². The molecule has 0 atom stereocenters. The van der Waals surface area contributed by atoms with E-state index in [0.29, 0.717) is 6.54 Å². The number of methoxy groups -OCH3 is 1. The van der Waals surface area contributed by atoms with Crippen LogP contribution in [-0.4, -0.2) is 13.2 Å². The minimum atomic E-state index is 0.361. The van der Waals surface area contributed by atoms with Gasteiger partial charge in [0.15, 0.2) is 0 Å². The van der Waals surface area contributed by atoms with Gasteiger partial charge in [0, 0.05) is 5.56 Å². The Morgan fingerprint density at radius 2 is 2.33 bits per heavy atom. The van der Waals surface area contributed by atoms with E-state index in [1.165, 1.54) is 17.5 Å². The molecule has 15 heavy (non-hydrogen) atoms. The Balaban J connectivity index is 2.43. The predicted molar refractivity (Wildman–Crippen MR) is 56.8 cm³/mol. The number of benzene rings is 1. The van der Waals surface area contributed by atoms with Crippen molar-refractivity contribution in [2.24, 2.45) is 4.99 Å². The number of fused-ring (bicyclic) bond motifs is 1. The van der Waals surface area contributed by atoms with Gasteiger partial charge >= 0.3 is 0 Å². The molecule has 0 saturated carbocycles. The highest BCUT2D eigenvalue weighted by atomic mass is 16.5. The van der Waals surface area contributed by atoms with Crippen LogP contribution in [0, 0.1) is 0 Å². The first-order valence-electron chi connectivity index (χ1n) is 5.08. The van der Waals surface area contributed by atoms with Gasteiger partial charge in [-0.3, -0.25) is 0 Å². The lowest BCUT2D eigenvalue weighted by Gasteiger charge is -2.11. The SMILES string of the molecule is COc1c(CN=C=O)ccc2c1CCC2. The van der Waals surface area contributed by atoms with E-state index in [1.807, 2.05) is 6.07 Å². The van der Waals surface area contributed by atoms with Crippen molar-refractivity contribution in [1.29, 1.82) is 0 Å². The van der Waals surface area contributed by atoms with Crippen molar-refractivity contribution in [1.82, 2.24) is 0 Å². The van der Waals surface area contributed by atoms with Gasteiger partial charge in [-0.2, -0.15) is 0 Å². The molecule has 1 aliphatic carbocycles. The molecule has 0 N–H and O–H groups in total. The van der Waals surface area contributed by atoms with E-state index in [9.17, 15) is 4.79 Å². The Labute approximate surface area is 88.8 Å². The summed E-state index contributed by atoms with van der Waals surface area (Å²) in [6.07, 6.45) is 4.94. The Hall–Kier alpha value is -1.60. The number of isocyanates is 1. The summed E-state index contributed by atoms with van der Waals surface area (Å²) >= 11 is 0. The molecule has 0 amide bonds. The van der Waals surface area contributed by atoms with Crippen molar-refractivity contribution < 1.29 is 9.53 Å². The van der Waals surface area contributed by atoms with Gasteiger partial charge in [-0.05, 0) is 30.4 Å². The molecule has 0 spiro atoms. The maximum atomic E-state index is 10.1. The summed E-state index contributed by atoms with van der Waals surface area (Å²) in [4.78, 5) is 13.7. The fraction of sp³-hybridized carbons (Fsp3) is 0.417. The first kappa shape index (κ1) is 9.94. The Morgan fingerprint density at radius 1 is 1.47 bits per heavy atom. The normalized spacial score (nSPS) is 13.1. The van der Waals surface area contributed by atoms with E-state index >= 15 is 0 Å². The zero-order chi connectivity index (χ0) is 10.7. The molecule has 78 valence electrons. The van der Waals surface area contributed by atoms with E-state index < -0.39 is 0 Å². The van der Waals surface area contributed by atoms with E-state index in [4.69, 9.17) is 4.74 Å². The molecule has 0 aromatic heterocycles. The third kappa shape index (κ3) is 1.79. The van der Waals surface area contributed by atoms with Gasteiger partial charge in [-0.1, -0.05) is 12.1 Å². The van der Waals surface area contributed by atoms with Crippen LogP contribution in [0.3, 0.4) is 0 Å². The van der Waals surface area contributed by atoms with Crippen LogP contribution in [-0.2, 0) is 24.2 Å². The number of rotatable bonds is 3. The van der Waals surface area contributed by atoms with Crippen LogP contribution in [0.15, 0.2) is 17.1 Å².